The van der Waals surface area contributed by atoms with Crippen LogP contribution in [0, 0.1) is 13.8 Å². The number of benzene rings is 1. The summed E-state index contributed by atoms with van der Waals surface area (Å²) in [5.41, 5.74) is 3.29. The zero-order valence-electron chi connectivity index (χ0n) is 12.6. The van der Waals surface area contributed by atoms with Crippen molar-refractivity contribution in [2.45, 2.75) is 26.8 Å². The molecule has 0 bridgehead atoms. The highest BCUT2D eigenvalue weighted by Gasteiger charge is 2.17. The van der Waals surface area contributed by atoms with Crippen LogP contribution in [0.4, 0.5) is 0 Å². The Labute approximate surface area is 127 Å². The number of hydrogen-bond acceptors (Lipinski definition) is 5. The maximum absolute atomic E-state index is 12.6. The predicted octanol–water partition coefficient (Wildman–Crippen LogP) is 1.86. The largest absolute Gasteiger partial charge is 0.342 e. The fraction of sp³-hybridized carbons (Fsp3) is 0.267. The maximum Gasteiger partial charge on any atom is 0.252 e. The summed E-state index contributed by atoms with van der Waals surface area (Å²) in [7, 11) is 0. The summed E-state index contributed by atoms with van der Waals surface area (Å²) in [4.78, 5) is 17.1. The van der Waals surface area contributed by atoms with Gasteiger partial charge in [0.05, 0.1) is 17.1 Å². The molecular weight excluding hydrogens is 280 g/mol. The lowest BCUT2D eigenvalue weighted by Gasteiger charge is -2.13. The van der Waals surface area contributed by atoms with Gasteiger partial charge in [0.1, 0.15) is 0 Å². The Morgan fingerprint density at radius 2 is 2.14 bits per heavy atom. The van der Waals surface area contributed by atoms with Gasteiger partial charge in [0, 0.05) is 11.1 Å². The molecule has 0 fully saturated rings. The zero-order chi connectivity index (χ0) is 15.7. The van der Waals surface area contributed by atoms with E-state index in [2.05, 4.69) is 30.9 Å². The Kier molecular flexibility index (Phi) is 3.54. The summed E-state index contributed by atoms with van der Waals surface area (Å²) in [6, 6.07) is 7.27. The van der Waals surface area contributed by atoms with E-state index in [1.165, 1.54) is 0 Å². The second-order valence-electron chi connectivity index (χ2n) is 5.25. The average Bonchev–Trinajstić information content (AvgIpc) is 3.02. The maximum atomic E-state index is 12.6. The number of aryl methyl sites for hydroxylation is 2. The van der Waals surface area contributed by atoms with Gasteiger partial charge < -0.3 is 5.32 Å². The number of aromatic amines is 1. The smallest absolute Gasteiger partial charge is 0.252 e. The summed E-state index contributed by atoms with van der Waals surface area (Å²) >= 11 is 0. The number of carbonyl (C=O) groups is 1. The molecule has 0 radical (unpaired) electrons. The molecule has 2 aromatic heterocycles. The van der Waals surface area contributed by atoms with Gasteiger partial charge in [-0.3, -0.25) is 9.78 Å². The number of rotatable bonds is 3. The molecule has 0 spiro atoms. The van der Waals surface area contributed by atoms with Crippen molar-refractivity contribution >= 4 is 16.8 Å². The summed E-state index contributed by atoms with van der Waals surface area (Å²) in [5.74, 6) is 0.262. The van der Waals surface area contributed by atoms with E-state index < -0.39 is 0 Å². The Morgan fingerprint density at radius 1 is 1.32 bits per heavy atom. The van der Waals surface area contributed by atoms with Gasteiger partial charge in [-0.1, -0.05) is 23.4 Å². The molecule has 1 atom stereocenters. The number of hydrogen-bond donors (Lipinski definition) is 2. The highest BCUT2D eigenvalue weighted by Crippen LogP contribution is 2.22. The second-order valence-corrected chi connectivity index (χ2v) is 5.25. The van der Waals surface area contributed by atoms with Crippen molar-refractivity contribution in [3.8, 4) is 0 Å². The van der Waals surface area contributed by atoms with Gasteiger partial charge in [-0.15, -0.1) is 10.2 Å². The van der Waals surface area contributed by atoms with E-state index in [1.807, 2.05) is 39.0 Å². The molecule has 1 aromatic carbocycles. The number of fused-ring (bicyclic) bond motifs is 1. The van der Waals surface area contributed by atoms with Gasteiger partial charge in [0.25, 0.3) is 5.91 Å². The van der Waals surface area contributed by atoms with Crippen molar-refractivity contribution in [3.05, 3.63) is 46.9 Å². The lowest BCUT2D eigenvalue weighted by Crippen LogP contribution is -2.27. The van der Waals surface area contributed by atoms with E-state index in [0.29, 0.717) is 11.4 Å². The molecule has 112 valence electrons. The van der Waals surface area contributed by atoms with E-state index in [1.54, 1.807) is 6.07 Å². The Morgan fingerprint density at radius 3 is 2.86 bits per heavy atom. The van der Waals surface area contributed by atoms with Crippen LogP contribution in [0.25, 0.3) is 10.9 Å². The molecular formula is C15H16N6O. The van der Waals surface area contributed by atoms with Crippen LogP contribution < -0.4 is 5.32 Å². The fourth-order valence-electron chi connectivity index (χ4n) is 2.40. The van der Waals surface area contributed by atoms with Gasteiger partial charge in [-0.05, 0) is 32.4 Å². The van der Waals surface area contributed by atoms with Gasteiger partial charge in [-0.2, -0.15) is 5.21 Å². The first-order valence-electron chi connectivity index (χ1n) is 6.97. The summed E-state index contributed by atoms with van der Waals surface area (Å²) < 4.78 is 0. The lowest BCUT2D eigenvalue weighted by molar-refractivity contribution is 0.0940. The minimum atomic E-state index is -0.334. The standard InChI is InChI=1S/C15H16N6O/c1-8-5-4-6-11-12(7-9(2)16-13(8)11)15(22)17-10(3)14-18-20-21-19-14/h4-7,10H,1-3H3,(H,17,22)(H,18,19,20,21)/t10-/m1/s1. The van der Waals surface area contributed by atoms with Crippen LogP contribution in [0.1, 0.15) is 40.4 Å². The molecule has 7 nitrogen and oxygen atoms in total. The van der Waals surface area contributed by atoms with Gasteiger partial charge in [-0.25, -0.2) is 0 Å². The van der Waals surface area contributed by atoms with Crippen LogP contribution in [0.2, 0.25) is 0 Å². The number of nitrogens with zero attached hydrogens (tertiary/aromatic N) is 4. The molecule has 2 heterocycles. The molecule has 3 rings (SSSR count). The number of tetrazole rings is 1. The number of H-pyrrole nitrogens is 1. The molecule has 3 aromatic rings. The van der Waals surface area contributed by atoms with Crippen LogP contribution in [0.5, 0.6) is 0 Å². The van der Waals surface area contributed by atoms with Crippen LogP contribution in [-0.2, 0) is 0 Å². The Bertz CT molecular complexity index is 827. The first-order chi connectivity index (χ1) is 10.6. The molecule has 0 aliphatic rings. The predicted molar refractivity (Wildman–Crippen MR) is 81.3 cm³/mol. The molecule has 0 unspecified atom stereocenters. The number of nitrogens with one attached hydrogen (secondary N) is 2. The van der Waals surface area contributed by atoms with Gasteiger partial charge >= 0.3 is 0 Å². The van der Waals surface area contributed by atoms with Gasteiger partial charge in [0.2, 0.25) is 0 Å². The molecule has 0 saturated carbocycles. The fourth-order valence-corrected chi connectivity index (χ4v) is 2.40. The first kappa shape index (κ1) is 14.1. The van der Waals surface area contributed by atoms with E-state index in [4.69, 9.17) is 0 Å². The average molecular weight is 296 g/mol. The molecule has 7 heteroatoms. The summed E-state index contributed by atoms with van der Waals surface area (Å²) in [6.45, 7) is 5.67. The van der Waals surface area contributed by atoms with Crippen LogP contribution in [0.15, 0.2) is 24.3 Å². The third-order valence-electron chi connectivity index (χ3n) is 3.51. The number of aromatic nitrogens is 5. The molecule has 2 N–H and O–H groups in total. The minimum Gasteiger partial charge on any atom is -0.342 e. The van der Waals surface area contributed by atoms with Crippen molar-refractivity contribution < 1.29 is 4.79 Å². The number of carbonyl (C=O) groups excluding carboxylic acids is 1. The van der Waals surface area contributed by atoms with E-state index >= 15 is 0 Å². The normalized spacial score (nSPS) is 12.3. The van der Waals surface area contributed by atoms with Crippen LogP contribution in [0.3, 0.4) is 0 Å². The van der Waals surface area contributed by atoms with Crippen molar-refractivity contribution in [1.29, 1.82) is 0 Å². The molecule has 1 amide bonds. The van der Waals surface area contributed by atoms with Crippen LogP contribution >= 0.6 is 0 Å². The Hall–Kier alpha value is -2.83. The third kappa shape index (κ3) is 2.52. The number of pyridine rings is 1. The number of amides is 1. The zero-order valence-corrected chi connectivity index (χ0v) is 12.6. The highest BCUT2D eigenvalue weighted by atomic mass is 16.1. The van der Waals surface area contributed by atoms with Crippen molar-refractivity contribution in [2.75, 3.05) is 0 Å². The minimum absolute atomic E-state index is 0.182. The SMILES string of the molecule is Cc1cc(C(=O)N[C@H](C)c2nn[nH]n2)c2cccc(C)c2n1. The second kappa shape index (κ2) is 5.51. The molecule has 0 aliphatic heterocycles. The molecule has 0 saturated heterocycles. The van der Waals surface area contributed by atoms with Crippen molar-refractivity contribution in [1.82, 2.24) is 30.9 Å². The van der Waals surface area contributed by atoms with E-state index in [-0.39, 0.29) is 11.9 Å². The van der Waals surface area contributed by atoms with Gasteiger partial charge in [0.15, 0.2) is 5.82 Å². The third-order valence-corrected chi connectivity index (χ3v) is 3.51. The quantitative estimate of drug-likeness (QED) is 0.769. The first-order valence-corrected chi connectivity index (χ1v) is 6.97. The highest BCUT2D eigenvalue weighted by molar-refractivity contribution is 6.06. The topological polar surface area (TPSA) is 96.5 Å². The molecule has 0 aliphatic carbocycles. The Balaban J connectivity index is 1.99. The monoisotopic (exact) mass is 296 g/mol. The summed E-state index contributed by atoms with van der Waals surface area (Å²) in [5, 5.41) is 17.4. The molecule has 22 heavy (non-hydrogen) atoms. The van der Waals surface area contributed by atoms with E-state index in [9.17, 15) is 4.79 Å². The lowest BCUT2D eigenvalue weighted by atomic mass is 10.0. The number of para-hydroxylation sites is 1. The van der Waals surface area contributed by atoms with E-state index in [0.717, 1.165) is 22.2 Å². The van der Waals surface area contributed by atoms with Crippen LogP contribution in [-0.4, -0.2) is 31.5 Å². The summed E-state index contributed by atoms with van der Waals surface area (Å²) in [6.07, 6.45) is 0. The van der Waals surface area contributed by atoms with Crippen molar-refractivity contribution in [3.63, 3.8) is 0 Å². The van der Waals surface area contributed by atoms with Crippen molar-refractivity contribution in [2.24, 2.45) is 0 Å².